The summed E-state index contributed by atoms with van der Waals surface area (Å²) in [7, 11) is 0. The van der Waals surface area contributed by atoms with E-state index in [9.17, 15) is 13.6 Å². The summed E-state index contributed by atoms with van der Waals surface area (Å²) in [5, 5.41) is 13.9. The van der Waals surface area contributed by atoms with Crippen LogP contribution in [0.3, 0.4) is 0 Å². The number of H-pyrrole nitrogens is 1. The Labute approximate surface area is 158 Å². The van der Waals surface area contributed by atoms with Crippen LogP contribution in [0.25, 0.3) is 0 Å². The second-order valence-corrected chi connectivity index (χ2v) is 7.36. The highest BCUT2D eigenvalue weighted by Gasteiger charge is 2.00. The van der Waals surface area contributed by atoms with Gasteiger partial charge in [0.05, 0.1) is 0 Å². The molecule has 0 radical (unpaired) electrons. The largest absolute Gasteiger partial charge is 0.755 e. The summed E-state index contributed by atoms with van der Waals surface area (Å²) in [4.78, 5) is 11.1. The van der Waals surface area contributed by atoms with Crippen LogP contribution in [-0.2, 0) is 22.5 Å². The molecule has 0 saturated carbocycles. The average Bonchev–Trinajstić information content (AvgIpc) is 3.11. The van der Waals surface area contributed by atoms with E-state index in [-0.39, 0.29) is 0 Å². The van der Waals surface area contributed by atoms with Crippen molar-refractivity contribution < 1.29 is 13.6 Å². The Morgan fingerprint density at radius 3 is 1.85 bits per heavy atom. The van der Waals surface area contributed by atoms with Gasteiger partial charge >= 0.3 is 0 Å². The van der Waals surface area contributed by atoms with Gasteiger partial charge in [0, 0.05) is 24.1 Å². The number of hydrogen-bond acceptors (Lipinski definition) is 6. The normalized spacial score (nSPS) is 12.2. The zero-order valence-corrected chi connectivity index (χ0v) is 16.4. The maximum atomic E-state index is 11.1. The molecule has 2 N–H and O–H groups in total. The summed E-state index contributed by atoms with van der Waals surface area (Å²) >= 11 is -2.48. The fourth-order valence-electron chi connectivity index (χ4n) is 2.95. The molecule has 150 valence electrons. The molecule has 1 amide bonds. The van der Waals surface area contributed by atoms with E-state index < -0.39 is 17.2 Å². The molecular formula is C17H32N5O3S-. The van der Waals surface area contributed by atoms with Gasteiger partial charge in [0.15, 0.2) is 5.82 Å². The minimum absolute atomic E-state index is 0.295. The second-order valence-electron chi connectivity index (χ2n) is 6.68. The number of hydrogen-bond donors (Lipinski definition) is 2. The van der Waals surface area contributed by atoms with Crippen LogP contribution in [-0.4, -0.2) is 35.3 Å². The zero-order chi connectivity index (χ0) is 18.9. The summed E-state index contributed by atoms with van der Waals surface area (Å²) in [6.07, 6.45) is 16.7. The summed E-state index contributed by atoms with van der Waals surface area (Å²) in [6, 6.07) is 0. The number of aromatic amines is 1. The standard InChI is InChI=1S/C17H33N5O3S/c23-17(20-26(24)25)15-13-11-9-7-5-3-1-2-4-6-8-10-12-14-16-18-21-22-19-16/h1-15H2,(H,20,23)(H,24,25)(H,18,19,21,22)/p-1. The van der Waals surface area contributed by atoms with Gasteiger partial charge in [0.2, 0.25) is 5.91 Å². The van der Waals surface area contributed by atoms with Gasteiger partial charge in [-0.3, -0.25) is 13.7 Å². The third-order valence-electron chi connectivity index (χ3n) is 4.39. The summed E-state index contributed by atoms with van der Waals surface area (Å²) in [6.45, 7) is 0. The number of amides is 1. The molecule has 0 aromatic carbocycles. The highest BCUT2D eigenvalue weighted by atomic mass is 32.2. The Morgan fingerprint density at radius 1 is 0.885 bits per heavy atom. The molecule has 0 saturated heterocycles. The lowest BCUT2D eigenvalue weighted by atomic mass is 10.0. The van der Waals surface area contributed by atoms with Crippen molar-refractivity contribution in [1.29, 1.82) is 0 Å². The lowest BCUT2D eigenvalue weighted by molar-refractivity contribution is -0.119. The Bertz CT molecular complexity index is 485. The predicted molar refractivity (Wildman–Crippen MR) is 99.6 cm³/mol. The first-order valence-electron chi connectivity index (χ1n) is 9.79. The Balaban J connectivity index is 1.72. The van der Waals surface area contributed by atoms with Crippen LogP contribution < -0.4 is 4.72 Å². The lowest BCUT2D eigenvalue weighted by Gasteiger charge is -2.06. The lowest BCUT2D eigenvalue weighted by Crippen LogP contribution is -2.24. The number of carbonyl (C=O) groups excluding carboxylic acids is 1. The van der Waals surface area contributed by atoms with Gasteiger partial charge in [-0.05, 0) is 12.8 Å². The Kier molecular flexibility index (Phi) is 13.8. The highest BCUT2D eigenvalue weighted by Crippen LogP contribution is 2.13. The van der Waals surface area contributed by atoms with Gasteiger partial charge in [-0.1, -0.05) is 75.8 Å². The van der Waals surface area contributed by atoms with E-state index in [1.54, 1.807) is 0 Å². The molecule has 1 unspecified atom stereocenters. The fraction of sp³-hybridized carbons (Fsp3) is 0.882. The minimum atomic E-state index is -2.48. The molecule has 9 heteroatoms. The molecule has 0 aliphatic rings. The van der Waals surface area contributed by atoms with Gasteiger partial charge in [-0.2, -0.15) is 5.21 Å². The predicted octanol–water partition coefficient (Wildman–Crippen LogP) is 3.11. The van der Waals surface area contributed by atoms with Crippen molar-refractivity contribution in [3.63, 3.8) is 0 Å². The number of unbranched alkanes of at least 4 members (excludes halogenated alkanes) is 12. The van der Waals surface area contributed by atoms with Crippen LogP contribution in [0.5, 0.6) is 0 Å². The third kappa shape index (κ3) is 13.9. The number of tetrazole rings is 1. The van der Waals surface area contributed by atoms with E-state index in [4.69, 9.17) is 0 Å². The molecule has 0 bridgehead atoms. The van der Waals surface area contributed by atoms with E-state index in [1.165, 1.54) is 57.8 Å². The van der Waals surface area contributed by atoms with Gasteiger partial charge in [-0.15, -0.1) is 10.2 Å². The van der Waals surface area contributed by atoms with Crippen molar-refractivity contribution in [3.05, 3.63) is 5.82 Å². The van der Waals surface area contributed by atoms with Crippen molar-refractivity contribution in [2.45, 2.75) is 96.3 Å². The van der Waals surface area contributed by atoms with E-state index in [0.29, 0.717) is 6.42 Å². The maximum Gasteiger partial charge on any atom is 0.230 e. The van der Waals surface area contributed by atoms with E-state index in [0.717, 1.165) is 37.9 Å². The van der Waals surface area contributed by atoms with Crippen molar-refractivity contribution in [1.82, 2.24) is 25.3 Å². The molecule has 8 nitrogen and oxygen atoms in total. The first-order chi connectivity index (χ1) is 12.7. The molecule has 1 rings (SSSR count). The number of nitrogens with zero attached hydrogens (tertiary/aromatic N) is 3. The fourth-order valence-corrected chi connectivity index (χ4v) is 3.23. The van der Waals surface area contributed by atoms with Crippen LogP contribution in [0.1, 0.15) is 95.7 Å². The van der Waals surface area contributed by atoms with Gasteiger partial charge in [-0.25, -0.2) is 0 Å². The molecule has 1 atom stereocenters. The SMILES string of the molecule is O=C(CCCCCCCCCCCCCCCc1nn[nH]n1)NS(=O)[O-]. The number of rotatable bonds is 17. The first kappa shape index (κ1) is 22.7. The van der Waals surface area contributed by atoms with Crippen LogP contribution >= 0.6 is 0 Å². The van der Waals surface area contributed by atoms with Crippen LogP contribution in [0.4, 0.5) is 0 Å². The number of aryl methyl sites for hydroxylation is 1. The van der Waals surface area contributed by atoms with Gasteiger partial charge in [0.25, 0.3) is 0 Å². The van der Waals surface area contributed by atoms with E-state index in [2.05, 4.69) is 20.6 Å². The van der Waals surface area contributed by atoms with Gasteiger partial charge < -0.3 is 4.55 Å². The van der Waals surface area contributed by atoms with Crippen molar-refractivity contribution in [3.8, 4) is 0 Å². The monoisotopic (exact) mass is 386 g/mol. The average molecular weight is 387 g/mol. The first-order valence-corrected chi connectivity index (χ1v) is 10.9. The molecule has 1 aromatic heterocycles. The minimum Gasteiger partial charge on any atom is -0.755 e. The topological polar surface area (TPSA) is 124 Å². The summed E-state index contributed by atoms with van der Waals surface area (Å²) in [5.41, 5.74) is 0. The smallest absolute Gasteiger partial charge is 0.230 e. The van der Waals surface area contributed by atoms with Crippen molar-refractivity contribution >= 4 is 17.2 Å². The van der Waals surface area contributed by atoms with E-state index in [1.807, 2.05) is 4.72 Å². The molecule has 1 heterocycles. The van der Waals surface area contributed by atoms with Crippen LogP contribution in [0.15, 0.2) is 0 Å². The number of aromatic nitrogens is 4. The molecule has 1 aromatic rings. The Morgan fingerprint density at radius 2 is 1.38 bits per heavy atom. The molecular weight excluding hydrogens is 354 g/mol. The molecule has 0 aliphatic carbocycles. The third-order valence-corrected chi connectivity index (χ3v) is 4.78. The highest BCUT2D eigenvalue weighted by molar-refractivity contribution is 7.77. The van der Waals surface area contributed by atoms with E-state index >= 15 is 0 Å². The number of nitrogens with one attached hydrogen (secondary N) is 2. The number of carbonyl (C=O) groups is 1. The summed E-state index contributed by atoms with van der Waals surface area (Å²) < 4.78 is 22.4. The maximum absolute atomic E-state index is 11.1. The molecule has 0 aliphatic heterocycles. The summed E-state index contributed by atoms with van der Waals surface area (Å²) in [5.74, 6) is 0.403. The second kappa shape index (κ2) is 15.9. The quantitative estimate of drug-likeness (QED) is 0.313. The van der Waals surface area contributed by atoms with Crippen LogP contribution in [0.2, 0.25) is 0 Å². The molecule has 26 heavy (non-hydrogen) atoms. The molecule has 0 spiro atoms. The molecule has 0 fully saturated rings. The Hall–Kier alpha value is -1.35. The zero-order valence-electron chi connectivity index (χ0n) is 15.6. The van der Waals surface area contributed by atoms with Crippen LogP contribution in [0, 0.1) is 0 Å². The van der Waals surface area contributed by atoms with Gasteiger partial charge in [0.1, 0.15) is 0 Å². The van der Waals surface area contributed by atoms with Crippen molar-refractivity contribution in [2.75, 3.05) is 0 Å². The van der Waals surface area contributed by atoms with Crippen molar-refractivity contribution in [2.24, 2.45) is 0 Å².